The molecule has 2 aromatic rings. The van der Waals surface area contributed by atoms with Crippen LogP contribution >= 0.6 is 0 Å². The van der Waals surface area contributed by atoms with Gasteiger partial charge < -0.3 is 16.0 Å². The van der Waals surface area contributed by atoms with E-state index >= 15 is 0 Å². The van der Waals surface area contributed by atoms with E-state index in [9.17, 15) is 4.79 Å². The van der Waals surface area contributed by atoms with Crippen LogP contribution in [0.15, 0.2) is 24.3 Å². The number of carbonyl (C=O) groups excluding carboxylic acids is 1. The van der Waals surface area contributed by atoms with Crippen molar-refractivity contribution < 1.29 is 4.79 Å². The molecule has 4 N–H and O–H groups in total. The molecule has 0 unspecified atom stereocenters. The van der Waals surface area contributed by atoms with Gasteiger partial charge >= 0.3 is 0 Å². The van der Waals surface area contributed by atoms with Crippen molar-refractivity contribution in [3.63, 3.8) is 0 Å². The zero-order chi connectivity index (χ0) is 10.8. The lowest BCUT2D eigenvalue weighted by molar-refractivity contribution is 0.0951. The number of anilines is 1. The second-order valence-corrected chi connectivity index (χ2v) is 3.39. The third-order valence-corrected chi connectivity index (χ3v) is 2.23. The number of rotatable bonds is 2. The number of nitrogens with two attached hydrogens (primary N) is 1. The van der Waals surface area contributed by atoms with Crippen LogP contribution in [0.25, 0.3) is 10.9 Å². The maximum Gasteiger partial charge on any atom is 0.267 e. The van der Waals surface area contributed by atoms with E-state index in [0.717, 1.165) is 10.9 Å². The van der Waals surface area contributed by atoms with Crippen molar-refractivity contribution in [1.29, 1.82) is 0 Å². The van der Waals surface area contributed by atoms with Gasteiger partial charge in [-0.25, -0.2) is 0 Å². The maximum atomic E-state index is 11.5. The van der Waals surface area contributed by atoms with Crippen LogP contribution in [0.1, 0.15) is 17.4 Å². The van der Waals surface area contributed by atoms with Crippen LogP contribution in [0, 0.1) is 0 Å². The third-order valence-electron chi connectivity index (χ3n) is 2.23. The number of H-pyrrole nitrogens is 1. The summed E-state index contributed by atoms with van der Waals surface area (Å²) in [5.41, 5.74) is 7.84. The maximum absolute atomic E-state index is 11.5. The Morgan fingerprint density at radius 1 is 1.47 bits per heavy atom. The zero-order valence-electron chi connectivity index (χ0n) is 8.50. The van der Waals surface area contributed by atoms with E-state index in [2.05, 4.69) is 10.3 Å². The van der Waals surface area contributed by atoms with E-state index in [0.29, 0.717) is 17.9 Å². The summed E-state index contributed by atoms with van der Waals surface area (Å²) in [6.07, 6.45) is 0. The van der Waals surface area contributed by atoms with Crippen molar-refractivity contribution in [3.8, 4) is 0 Å². The Balaban J connectivity index is 2.42. The highest BCUT2D eigenvalue weighted by Crippen LogP contribution is 2.18. The fourth-order valence-corrected chi connectivity index (χ4v) is 1.53. The SMILES string of the molecule is CCNC(=O)c1cc2cc(N)ccc2[nH]1. The topological polar surface area (TPSA) is 70.9 Å². The van der Waals surface area contributed by atoms with Crippen LogP contribution in [0.2, 0.25) is 0 Å². The first-order chi connectivity index (χ1) is 7.20. The molecule has 0 spiro atoms. The summed E-state index contributed by atoms with van der Waals surface area (Å²) >= 11 is 0. The van der Waals surface area contributed by atoms with Crippen LogP contribution in [0.3, 0.4) is 0 Å². The molecule has 0 saturated carbocycles. The van der Waals surface area contributed by atoms with Crippen molar-refractivity contribution in [1.82, 2.24) is 10.3 Å². The van der Waals surface area contributed by atoms with Gasteiger partial charge in [-0.1, -0.05) is 0 Å². The Kier molecular flexibility index (Phi) is 2.33. The second kappa shape index (κ2) is 3.65. The van der Waals surface area contributed by atoms with Crippen LogP contribution in [-0.4, -0.2) is 17.4 Å². The van der Waals surface area contributed by atoms with Gasteiger partial charge in [-0.05, 0) is 31.2 Å². The van der Waals surface area contributed by atoms with Gasteiger partial charge in [0, 0.05) is 23.1 Å². The van der Waals surface area contributed by atoms with Gasteiger partial charge in [-0.3, -0.25) is 4.79 Å². The van der Waals surface area contributed by atoms with Gasteiger partial charge in [0.1, 0.15) is 5.69 Å². The van der Waals surface area contributed by atoms with Gasteiger partial charge in [0.15, 0.2) is 0 Å². The summed E-state index contributed by atoms with van der Waals surface area (Å²) in [4.78, 5) is 14.6. The lowest BCUT2D eigenvalue weighted by Crippen LogP contribution is -2.22. The summed E-state index contributed by atoms with van der Waals surface area (Å²) in [7, 11) is 0. The second-order valence-electron chi connectivity index (χ2n) is 3.39. The Hall–Kier alpha value is -1.97. The van der Waals surface area contributed by atoms with Gasteiger partial charge in [0.25, 0.3) is 5.91 Å². The third kappa shape index (κ3) is 1.79. The minimum absolute atomic E-state index is 0.0905. The molecule has 0 saturated heterocycles. The van der Waals surface area contributed by atoms with E-state index in [1.54, 1.807) is 12.1 Å². The summed E-state index contributed by atoms with van der Waals surface area (Å²) in [5, 5.41) is 3.69. The number of aromatic amines is 1. The first-order valence-corrected chi connectivity index (χ1v) is 4.87. The largest absolute Gasteiger partial charge is 0.399 e. The van der Waals surface area contributed by atoms with Crippen LogP contribution in [0.4, 0.5) is 5.69 Å². The summed E-state index contributed by atoms with van der Waals surface area (Å²) < 4.78 is 0. The number of amides is 1. The molecular formula is C11H13N3O. The number of carbonyl (C=O) groups is 1. The Labute approximate surface area is 87.5 Å². The Bertz CT molecular complexity index is 502. The molecule has 0 aliphatic rings. The Morgan fingerprint density at radius 2 is 2.27 bits per heavy atom. The number of nitrogen functional groups attached to an aromatic ring is 1. The van der Waals surface area contributed by atoms with Gasteiger partial charge in [-0.15, -0.1) is 0 Å². The lowest BCUT2D eigenvalue weighted by Gasteiger charge is -1.96. The number of hydrogen-bond donors (Lipinski definition) is 3. The van der Waals surface area contributed by atoms with E-state index in [1.807, 2.05) is 19.1 Å². The highest BCUT2D eigenvalue weighted by Gasteiger charge is 2.07. The van der Waals surface area contributed by atoms with Crippen molar-refractivity contribution >= 4 is 22.5 Å². The molecular weight excluding hydrogens is 190 g/mol. The standard InChI is InChI=1S/C11H13N3O/c1-2-13-11(15)10-6-7-5-8(12)3-4-9(7)14-10/h3-6,14H,2,12H2,1H3,(H,13,15). The number of nitrogens with one attached hydrogen (secondary N) is 2. The fourth-order valence-electron chi connectivity index (χ4n) is 1.53. The normalized spacial score (nSPS) is 10.5. The molecule has 15 heavy (non-hydrogen) atoms. The average molecular weight is 203 g/mol. The van der Waals surface area contributed by atoms with Crippen molar-refractivity contribution in [2.24, 2.45) is 0 Å². The predicted octanol–water partition coefficient (Wildman–Crippen LogP) is 1.50. The summed E-state index contributed by atoms with van der Waals surface area (Å²) in [6, 6.07) is 7.32. The van der Waals surface area contributed by atoms with Crippen molar-refractivity contribution in [3.05, 3.63) is 30.0 Å². The van der Waals surface area contributed by atoms with Gasteiger partial charge in [0.05, 0.1) is 0 Å². The molecule has 0 radical (unpaired) electrons. The number of benzene rings is 1. The zero-order valence-corrected chi connectivity index (χ0v) is 8.50. The molecule has 1 amide bonds. The van der Waals surface area contributed by atoms with Crippen molar-refractivity contribution in [2.45, 2.75) is 6.92 Å². The quantitative estimate of drug-likeness (QED) is 0.647. The van der Waals surface area contributed by atoms with Gasteiger partial charge in [-0.2, -0.15) is 0 Å². The van der Waals surface area contributed by atoms with Crippen LogP contribution in [-0.2, 0) is 0 Å². The molecule has 4 heteroatoms. The average Bonchev–Trinajstić information content (AvgIpc) is 2.60. The van der Waals surface area contributed by atoms with E-state index < -0.39 is 0 Å². The molecule has 0 aliphatic heterocycles. The molecule has 0 bridgehead atoms. The highest BCUT2D eigenvalue weighted by molar-refractivity contribution is 5.98. The van der Waals surface area contributed by atoms with E-state index in [1.165, 1.54) is 0 Å². The number of hydrogen-bond acceptors (Lipinski definition) is 2. The molecule has 0 fully saturated rings. The molecule has 4 nitrogen and oxygen atoms in total. The van der Waals surface area contributed by atoms with Crippen molar-refractivity contribution in [2.75, 3.05) is 12.3 Å². The number of aromatic nitrogens is 1. The smallest absolute Gasteiger partial charge is 0.267 e. The molecule has 78 valence electrons. The molecule has 0 aliphatic carbocycles. The summed E-state index contributed by atoms with van der Waals surface area (Å²) in [5.74, 6) is -0.0905. The molecule has 1 heterocycles. The molecule has 1 aromatic carbocycles. The minimum Gasteiger partial charge on any atom is -0.399 e. The van der Waals surface area contributed by atoms with Gasteiger partial charge in [0.2, 0.25) is 0 Å². The minimum atomic E-state index is -0.0905. The number of fused-ring (bicyclic) bond motifs is 1. The first-order valence-electron chi connectivity index (χ1n) is 4.87. The highest BCUT2D eigenvalue weighted by atomic mass is 16.1. The van der Waals surface area contributed by atoms with E-state index in [4.69, 9.17) is 5.73 Å². The molecule has 2 rings (SSSR count). The first kappa shape index (κ1) is 9.58. The van der Waals surface area contributed by atoms with Crippen LogP contribution in [0.5, 0.6) is 0 Å². The monoisotopic (exact) mass is 203 g/mol. The Morgan fingerprint density at radius 3 is 3.00 bits per heavy atom. The van der Waals surface area contributed by atoms with E-state index in [-0.39, 0.29) is 5.91 Å². The fraction of sp³-hybridized carbons (Fsp3) is 0.182. The van der Waals surface area contributed by atoms with Crippen LogP contribution < -0.4 is 11.1 Å². The summed E-state index contributed by atoms with van der Waals surface area (Å²) in [6.45, 7) is 2.51. The molecule has 1 aromatic heterocycles. The molecule has 0 atom stereocenters. The lowest BCUT2D eigenvalue weighted by atomic mass is 10.2. The predicted molar refractivity (Wildman–Crippen MR) is 60.7 cm³/mol.